The minimum absolute atomic E-state index is 0.140. The lowest BCUT2D eigenvalue weighted by Gasteiger charge is -2.18. The van der Waals surface area contributed by atoms with E-state index < -0.39 is 0 Å². The van der Waals surface area contributed by atoms with Crippen molar-refractivity contribution in [2.75, 3.05) is 13.6 Å². The molecule has 2 rings (SSSR count). The van der Waals surface area contributed by atoms with E-state index in [4.69, 9.17) is 4.74 Å². The molecule has 0 radical (unpaired) electrons. The fourth-order valence-corrected chi connectivity index (χ4v) is 2.50. The highest BCUT2D eigenvalue weighted by molar-refractivity contribution is 5.79. The Kier molecular flexibility index (Phi) is 7.44. The molecule has 1 aromatic carbocycles. The molecule has 2 N–H and O–H groups in total. The van der Waals surface area contributed by atoms with E-state index in [1.54, 1.807) is 19.2 Å². The molecule has 6 nitrogen and oxygen atoms in total. The quantitative estimate of drug-likeness (QED) is 0.561. The number of nitrogens with one attached hydrogen (secondary N) is 2. The van der Waals surface area contributed by atoms with Gasteiger partial charge in [-0.2, -0.15) is 0 Å². The van der Waals surface area contributed by atoms with E-state index in [1.165, 1.54) is 12.1 Å². The number of imidazole rings is 1. The second-order valence-electron chi connectivity index (χ2n) is 6.58. The minimum atomic E-state index is -0.308. The molecule has 0 aliphatic rings. The number of nitrogens with zero attached hydrogens (tertiary/aromatic N) is 3. The number of hydrogen-bond acceptors (Lipinski definition) is 3. The fraction of sp³-hybridized carbons (Fsp3) is 0.474. The van der Waals surface area contributed by atoms with Crippen LogP contribution in [0.5, 0.6) is 5.75 Å². The first-order valence-corrected chi connectivity index (χ1v) is 8.84. The number of rotatable bonds is 8. The third-order valence-corrected chi connectivity index (χ3v) is 3.69. The van der Waals surface area contributed by atoms with Crippen molar-refractivity contribution in [3.05, 3.63) is 48.3 Å². The molecule has 0 saturated heterocycles. The van der Waals surface area contributed by atoms with E-state index in [9.17, 15) is 4.39 Å². The summed E-state index contributed by atoms with van der Waals surface area (Å²) in [6.07, 6.45) is 3.66. The average Bonchev–Trinajstić information content (AvgIpc) is 3.01. The maximum Gasteiger partial charge on any atom is 0.191 e. The van der Waals surface area contributed by atoms with Crippen LogP contribution in [0.1, 0.15) is 26.6 Å². The molecule has 1 unspecified atom stereocenters. The Morgan fingerprint density at radius 3 is 2.81 bits per heavy atom. The summed E-state index contributed by atoms with van der Waals surface area (Å²) in [6, 6.07) is 6.13. The Hall–Kier alpha value is -2.57. The summed E-state index contributed by atoms with van der Waals surface area (Å²) in [5, 5.41) is 6.46. The van der Waals surface area contributed by atoms with Crippen molar-refractivity contribution in [1.82, 2.24) is 20.2 Å². The van der Waals surface area contributed by atoms with Gasteiger partial charge in [0.05, 0.1) is 13.1 Å². The Balaban J connectivity index is 1.80. The lowest BCUT2D eigenvalue weighted by atomic mass is 10.2. The standard InChI is InChI=1S/C19H28FN5O/c1-14(2)13-25-9-8-22-18(25)12-24-19(21-4)23-11-15(3)26-17-7-5-6-16(20)10-17/h5-10,14-15H,11-13H2,1-4H3,(H2,21,23,24). The highest BCUT2D eigenvalue weighted by atomic mass is 19.1. The van der Waals surface area contributed by atoms with Crippen LogP contribution >= 0.6 is 0 Å². The number of ether oxygens (including phenoxy) is 1. The highest BCUT2D eigenvalue weighted by Gasteiger charge is 2.08. The van der Waals surface area contributed by atoms with Gasteiger partial charge in [0.15, 0.2) is 5.96 Å². The van der Waals surface area contributed by atoms with Crippen molar-refractivity contribution in [3.63, 3.8) is 0 Å². The van der Waals surface area contributed by atoms with Crippen LogP contribution in [-0.2, 0) is 13.1 Å². The summed E-state index contributed by atoms with van der Waals surface area (Å²) in [7, 11) is 1.72. The molecular formula is C19H28FN5O. The van der Waals surface area contributed by atoms with Gasteiger partial charge >= 0.3 is 0 Å². The largest absolute Gasteiger partial charge is 0.489 e. The molecule has 142 valence electrons. The molecule has 7 heteroatoms. The first kappa shape index (κ1) is 19.8. The summed E-state index contributed by atoms with van der Waals surface area (Å²) in [5.41, 5.74) is 0. The molecule has 26 heavy (non-hydrogen) atoms. The third kappa shape index (κ3) is 6.38. The van der Waals surface area contributed by atoms with E-state index >= 15 is 0 Å². The Morgan fingerprint density at radius 1 is 1.31 bits per heavy atom. The van der Waals surface area contributed by atoms with E-state index in [-0.39, 0.29) is 11.9 Å². The number of hydrogen-bond donors (Lipinski definition) is 2. The molecule has 0 spiro atoms. The van der Waals surface area contributed by atoms with E-state index in [0.717, 1.165) is 12.4 Å². The van der Waals surface area contributed by atoms with Gasteiger partial charge < -0.3 is 19.9 Å². The summed E-state index contributed by atoms with van der Waals surface area (Å²) < 4.78 is 21.0. The number of halogens is 1. The van der Waals surface area contributed by atoms with Crippen molar-refractivity contribution in [1.29, 1.82) is 0 Å². The Labute approximate surface area is 154 Å². The second kappa shape index (κ2) is 9.79. The van der Waals surface area contributed by atoms with Gasteiger partial charge in [0.1, 0.15) is 23.5 Å². The van der Waals surface area contributed by atoms with Crippen LogP contribution in [0.3, 0.4) is 0 Å². The number of benzene rings is 1. The lowest BCUT2D eigenvalue weighted by Crippen LogP contribution is -2.41. The van der Waals surface area contributed by atoms with E-state index in [0.29, 0.717) is 30.7 Å². The van der Waals surface area contributed by atoms with Gasteiger partial charge in [0.2, 0.25) is 0 Å². The summed E-state index contributed by atoms with van der Waals surface area (Å²) in [4.78, 5) is 8.61. The zero-order valence-corrected chi connectivity index (χ0v) is 15.9. The number of aromatic nitrogens is 2. The van der Waals surface area contributed by atoms with Crippen molar-refractivity contribution >= 4 is 5.96 Å². The second-order valence-corrected chi connectivity index (χ2v) is 6.58. The zero-order valence-electron chi connectivity index (χ0n) is 15.9. The lowest BCUT2D eigenvalue weighted by molar-refractivity contribution is 0.223. The molecule has 1 heterocycles. The monoisotopic (exact) mass is 361 g/mol. The molecular weight excluding hydrogens is 333 g/mol. The topological polar surface area (TPSA) is 63.5 Å². The Morgan fingerprint density at radius 2 is 2.12 bits per heavy atom. The summed E-state index contributed by atoms with van der Waals surface area (Å²) in [6.45, 7) is 8.33. The SMILES string of the molecule is CN=C(NCc1nccn1CC(C)C)NCC(C)Oc1cccc(F)c1. The normalized spacial score (nSPS) is 12.9. The molecule has 0 bridgehead atoms. The van der Waals surface area contributed by atoms with E-state index in [1.807, 2.05) is 19.3 Å². The molecule has 2 aromatic rings. The highest BCUT2D eigenvalue weighted by Crippen LogP contribution is 2.13. The first-order valence-electron chi connectivity index (χ1n) is 8.84. The molecule has 0 aliphatic heterocycles. The van der Waals surface area contributed by atoms with Crippen LogP contribution in [0.4, 0.5) is 4.39 Å². The van der Waals surface area contributed by atoms with Crippen molar-refractivity contribution in [2.24, 2.45) is 10.9 Å². The molecule has 0 amide bonds. The minimum Gasteiger partial charge on any atom is -0.489 e. The van der Waals surface area contributed by atoms with Gasteiger partial charge in [-0.15, -0.1) is 0 Å². The average molecular weight is 361 g/mol. The van der Waals surface area contributed by atoms with Crippen LogP contribution in [0, 0.1) is 11.7 Å². The van der Waals surface area contributed by atoms with Crippen LogP contribution in [0.25, 0.3) is 0 Å². The first-order chi connectivity index (χ1) is 12.5. The molecule has 0 saturated carbocycles. The van der Waals surface area contributed by atoms with Gasteiger partial charge in [-0.25, -0.2) is 9.37 Å². The maximum absolute atomic E-state index is 13.2. The molecule has 1 aromatic heterocycles. The van der Waals surface area contributed by atoms with E-state index in [2.05, 4.69) is 39.0 Å². The van der Waals surface area contributed by atoms with Crippen molar-refractivity contribution < 1.29 is 9.13 Å². The van der Waals surface area contributed by atoms with Crippen LogP contribution in [0.15, 0.2) is 41.7 Å². The summed E-state index contributed by atoms with van der Waals surface area (Å²) >= 11 is 0. The summed E-state index contributed by atoms with van der Waals surface area (Å²) in [5.74, 6) is 2.39. The van der Waals surface area contributed by atoms with Crippen molar-refractivity contribution in [2.45, 2.75) is 40.0 Å². The fourth-order valence-electron chi connectivity index (χ4n) is 2.50. The predicted octanol–water partition coefficient (Wildman–Crippen LogP) is 2.81. The molecule has 1 atom stereocenters. The van der Waals surface area contributed by atoms with Gasteiger partial charge in [-0.3, -0.25) is 4.99 Å². The van der Waals surface area contributed by atoms with Gasteiger partial charge in [0.25, 0.3) is 0 Å². The molecule has 0 fully saturated rings. The van der Waals surface area contributed by atoms with Crippen LogP contribution in [0.2, 0.25) is 0 Å². The maximum atomic E-state index is 13.2. The van der Waals surface area contributed by atoms with Crippen molar-refractivity contribution in [3.8, 4) is 5.75 Å². The van der Waals surface area contributed by atoms with Gasteiger partial charge in [0, 0.05) is 32.1 Å². The third-order valence-electron chi connectivity index (χ3n) is 3.69. The molecule has 0 aliphatic carbocycles. The van der Waals surface area contributed by atoms with Crippen LogP contribution in [-0.4, -0.2) is 35.2 Å². The smallest absolute Gasteiger partial charge is 0.191 e. The number of aliphatic imine (C=N–C) groups is 1. The van der Waals surface area contributed by atoms with Gasteiger partial charge in [-0.05, 0) is 25.0 Å². The van der Waals surface area contributed by atoms with Gasteiger partial charge in [-0.1, -0.05) is 19.9 Å². The Bertz CT molecular complexity index is 713. The predicted molar refractivity (Wildman–Crippen MR) is 102 cm³/mol. The number of guanidine groups is 1. The zero-order chi connectivity index (χ0) is 18.9. The van der Waals surface area contributed by atoms with Crippen LogP contribution < -0.4 is 15.4 Å².